The highest BCUT2D eigenvalue weighted by Crippen LogP contribution is 2.18. The molecule has 1 unspecified atom stereocenters. The number of aromatic nitrogens is 3. The molecule has 7 heteroatoms. The van der Waals surface area contributed by atoms with Crippen LogP contribution < -0.4 is 5.73 Å². The summed E-state index contributed by atoms with van der Waals surface area (Å²) < 4.78 is 1.52. The second-order valence-electron chi connectivity index (χ2n) is 4.27. The Hall–Kier alpha value is -1.50. The Labute approximate surface area is 105 Å². The van der Waals surface area contributed by atoms with Gasteiger partial charge in [-0.3, -0.25) is 9.48 Å². The number of amides is 1. The Morgan fingerprint density at radius 3 is 3.00 bits per heavy atom. The molecule has 0 spiro atoms. The van der Waals surface area contributed by atoms with Gasteiger partial charge in [-0.15, -0.1) is 5.10 Å². The second kappa shape index (κ2) is 4.79. The van der Waals surface area contributed by atoms with E-state index >= 15 is 0 Å². The fourth-order valence-electron chi connectivity index (χ4n) is 2.00. The first-order chi connectivity index (χ1) is 8.08. The van der Waals surface area contributed by atoms with Crippen molar-refractivity contribution in [1.82, 2.24) is 19.9 Å². The molecule has 17 heavy (non-hydrogen) atoms. The van der Waals surface area contributed by atoms with E-state index in [1.54, 1.807) is 18.1 Å². The molecule has 0 aliphatic carbocycles. The molecule has 1 aliphatic rings. The molecule has 1 fully saturated rings. The van der Waals surface area contributed by atoms with Gasteiger partial charge in [0, 0.05) is 26.1 Å². The van der Waals surface area contributed by atoms with E-state index in [1.807, 2.05) is 0 Å². The molecule has 1 aromatic heterocycles. The normalized spacial score (nSPS) is 20.3. The van der Waals surface area contributed by atoms with Gasteiger partial charge in [-0.05, 0) is 12.8 Å². The van der Waals surface area contributed by atoms with Gasteiger partial charge >= 0.3 is 0 Å². The lowest BCUT2D eigenvalue weighted by Gasteiger charge is -2.31. The zero-order valence-electron chi connectivity index (χ0n) is 9.67. The third kappa shape index (κ3) is 2.60. The molecule has 1 aromatic rings. The number of carbonyl (C=O) groups excluding carboxylic acids is 1. The number of aryl methyl sites for hydroxylation is 1. The van der Waals surface area contributed by atoms with E-state index in [-0.39, 0.29) is 11.8 Å². The molecule has 0 saturated carbocycles. The third-order valence-electron chi connectivity index (χ3n) is 2.93. The van der Waals surface area contributed by atoms with E-state index in [0.717, 1.165) is 19.4 Å². The van der Waals surface area contributed by atoms with Gasteiger partial charge in [0.1, 0.15) is 0 Å². The fraction of sp³-hybridized carbons (Fsp3) is 0.600. The zero-order chi connectivity index (χ0) is 12.4. The first-order valence-electron chi connectivity index (χ1n) is 5.53. The lowest BCUT2D eigenvalue weighted by atomic mass is 9.98. The van der Waals surface area contributed by atoms with E-state index in [1.165, 1.54) is 4.68 Å². The van der Waals surface area contributed by atoms with Crippen molar-refractivity contribution in [3.8, 4) is 0 Å². The zero-order valence-corrected chi connectivity index (χ0v) is 10.5. The molecule has 1 aliphatic heterocycles. The quantitative estimate of drug-likeness (QED) is 0.748. The molecule has 1 atom stereocenters. The summed E-state index contributed by atoms with van der Waals surface area (Å²) in [4.78, 5) is 14.3. The summed E-state index contributed by atoms with van der Waals surface area (Å²) in [5.41, 5.74) is 6.01. The Morgan fingerprint density at radius 2 is 2.41 bits per heavy atom. The van der Waals surface area contributed by atoms with Gasteiger partial charge in [0.15, 0.2) is 5.69 Å². The highest BCUT2D eigenvalue weighted by molar-refractivity contribution is 7.80. The van der Waals surface area contributed by atoms with Crippen LogP contribution in [0, 0.1) is 5.92 Å². The van der Waals surface area contributed by atoms with Crippen molar-refractivity contribution in [2.24, 2.45) is 18.7 Å². The number of hydrogen-bond acceptors (Lipinski definition) is 4. The number of piperidine rings is 1. The van der Waals surface area contributed by atoms with Gasteiger partial charge in [0.2, 0.25) is 0 Å². The number of nitrogens with zero attached hydrogens (tertiary/aromatic N) is 4. The standard InChI is InChI=1S/C10H15N5OS/c1-14-6-8(12-13-14)10(16)15-4-2-3-7(5-15)9(11)17/h6-7H,2-5H2,1H3,(H2,11,17). The average molecular weight is 253 g/mol. The highest BCUT2D eigenvalue weighted by atomic mass is 32.1. The SMILES string of the molecule is Cn1cc(C(=O)N2CCCC(C(N)=S)C2)nn1. The molecular formula is C10H15N5OS. The summed E-state index contributed by atoms with van der Waals surface area (Å²) in [6, 6.07) is 0. The van der Waals surface area contributed by atoms with Crippen LogP contribution in [0.3, 0.4) is 0 Å². The Morgan fingerprint density at radius 1 is 1.65 bits per heavy atom. The van der Waals surface area contributed by atoms with Crippen molar-refractivity contribution in [3.05, 3.63) is 11.9 Å². The van der Waals surface area contributed by atoms with Crippen molar-refractivity contribution in [2.75, 3.05) is 13.1 Å². The van der Waals surface area contributed by atoms with Crippen LogP contribution in [0.5, 0.6) is 0 Å². The molecule has 0 aromatic carbocycles. The maximum atomic E-state index is 12.1. The topological polar surface area (TPSA) is 77.0 Å². The molecule has 0 radical (unpaired) electrons. The van der Waals surface area contributed by atoms with Crippen molar-refractivity contribution >= 4 is 23.1 Å². The second-order valence-corrected chi connectivity index (χ2v) is 4.74. The molecule has 1 saturated heterocycles. The first-order valence-corrected chi connectivity index (χ1v) is 5.93. The number of carbonyl (C=O) groups is 1. The smallest absolute Gasteiger partial charge is 0.276 e. The van der Waals surface area contributed by atoms with Gasteiger partial charge in [-0.1, -0.05) is 17.4 Å². The number of nitrogens with two attached hydrogens (primary N) is 1. The maximum absolute atomic E-state index is 12.1. The van der Waals surface area contributed by atoms with Crippen molar-refractivity contribution in [2.45, 2.75) is 12.8 Å². The number of rotatable bonds is 2. The maximum Gasteiger partial charge on any atom is 0.276 e. The van der Waals surface area contributed by atoms with Crippen LogP contribution in [0.25, 0.3) is 0 Å². The Balaban J connectivity index is 2.07. The van der Waals surface area contributed by atoms with E-state index in [9.17, 15) is 4.79 Å². The largest absolute Gasteiger partial charge is 0.393 e. The molecule has 6 nitrogen and oxygen atoms in total. The van der Waals surface area contributed by atoms with Crippen LogP contribution in [0.15, 0.2) is 6.20 Å². The fourth-order valence-corrected chi connectivity index (χ4v) is 2.19. The number of likely N-dealkylation sites (tertiary alicyclic amines) is 1. The van der Waals surface area contributed by atoms with Crippen molar-refractivity contribution in [1.29, 1.82) is 0 Å². The van der Waals surface area contributed by atoms with Crippen molar-refractivity contribution in [3.63, 3.8) is 0 Å². The van der Waals surface area contributed by atoms with Gasteiger partial charge in [-0.2, -0.15) is 0 Å². The summed E-state index contributed by atoms with van der Waals surface area (Å²) in [6.45, 7) is 1.32. The molecule has 2 rings (SSSR count). The average Bonchev–Trinajstić information content (AvgIpc) is 2.75. The van der Waals surface area contributed by atoms with Crippen LogP contribution in [0.4, 0.5) is 0 Å². The lowest BCUT2D eigenvalue weighted by Crippen LogP contribution is -2.43. The van der Waals surface area contributed by atoms with Crippen LogP contribution in [0.1, 0.15) is 23.3 Å². The third-order valence-corrected chi connectivity index (χ3v) is 3.27. The predicted octanol–water partition coefficient (Wildman–Crippen LogP) is -0.0466. The van der Waals surface area contributed by atoms with Gasteiger partial charge < -0.3 is 10.6 Å². The Kier molecular flexibility index (Phi) is 3.37. The summed E-state index contributed by atoms with van der Waals surface area (Å²) in [5, 5.41) is 7.57. The van der Waals surface area contributed by atoms with Crippen LogP contribution in [-0.4, -0.2) is 43.9 Å². The number of thiocarbonyl (C=S) groups is 1. The van der Waals surface area contributed by atoms with E-state index in [2.05, 4.69) is 10.3 Å². The van der Waals surface area contributed by atoms with Crippen LogP contribution in [-0.2, 0) is 7.05 Å². The first kappa shape index (κ1) is 12.0. The van der Waals surface area contributed by atoms with Gasteiger partial charge in [-0.25, -0.2) is 0 Å². The summed E-state index contributed by atoms with van der Waals surface area (Å²) in [5.74, 6) is 0.0263. The van der Waals surface area contributed by atoms with Crippen LogP contribution >= 0.6 is 12.2 Å². The Bertz CT molecular complexity index is 444. The van der Waals surface area contributed by atoms with Crippen LogP contribution in [0.2, 0.25) is 0 Å². The molecule has 2 heterocycles. The van der Waals surface area contributed by atoms with Crippen molar-refractivity contribution < 1.29 is 4.79 Å². The van der Waals surface area contributed by atoms with E-state index in [4.69, 9.17) is 18.0 Å². The minimum absolute atomic E-state index is 0.0981. The highest BCUT2D eigenvalue weighted by Gasteiger charge is 2.27. The van der Waals surface area contributed by atoms with E-state index in [0.29, 0.717) is 17.2 Å². The molecule has 1 amide bonds. The summed E-state index contributed by atoms with van der Waals surface area (Å²) in [6.07, 6.45) is 3.50. The predicted molar refractivity (Wildman–Crippen MR) is 66.4 cm³/mol. The lowest BCUT2D eigenvalue weighted by molar-refractivity contribution is 0.0697. The minimum atomic E-state index is -0.0981. The molecular weight excluding hydrogens is 238 g/mol. The molecule has 2 N–H and O–H groups in total. The van der Waals surface area contributed by atoms with E-state index < -0.39 is 0 Å². The summed E-state index contributed by atoms with van der Waals surface area (Å²) in [7, 11) is 1.73. The molecule has 0 bridgehead atoms. The molecule has 92 valence electrons. The minimum Gasteiger partial charge on any atom is -0.393 e. The van der Waals surface area contributed by atoms with Gasteiger partial charge in [0.25, 0.3) is 5.91 Å². The summed E-state index contributed by atoms with van der Waals surface area (Å²) >= 11 is 4.98. The number of hydrogen-bond donors (Lipinski definition) is 1. The van der Waals surface area contributed by atoms with Gasteiger partial charge in [0.05, 0.1) is 11.2 Å². The monoisotopic (exact) mass is 253 g/mol.